The van der Waals surface area contributed by atoms with E-state index in [0.717, 1.165) is 17.3 Å². The zero-order valence-corrected chi connectivity index (χ0v) is 7.19. The van der Waals surface area contributed by atoms with Gasteiger partial charge in [0.1, 0.15) is 0 Å². The molecule has 2 rings (SSSR count). The molecular weight excluding hydrogens is 120 g/mol. The minimum Gasteiger partial charge on any atom is -0.0625 e. The summed E-state index contributed by atoms with van der Waals surface area (Å²) >= 11 is 0. The second-order valence-corrected chi connectivity index (χ2v) is 4.65. The Morgan fingerprint density at radius 2 is 1.80 bits per heavy atom. The molecule has 0 aromatic rings. The summed E-state index contributed by atoms with van der Waals surface area (Å²) in [4.78, 5) is 0. The quantitative estimate of drug-likeness (QED) is 0.482. The molecule has 2 aliphatic carbocycles. The summed E-state index contributed by atoms with van der Waals surface area (Å²) in [7, 11) is 0. The van der Waals surface area contributed by atoms with Gasteiger partial charge >= 0.3 is 0 Å². The van der Waals surface area contributed by atoms with Crippen LogP contribution in [0.4, 0.5) is 0 Å². The van der Waals surface area contributed by atoms with Crippen molar-refractivity contribution < 1.29 is 0 Å². The van der Waals surface area contributed by atoms with Gasteiger partial charge in [0.25, 0.3) is 0 Å². The zero-order chi connectivity index (χ0) is 7.19. The maximum Gasteiger partial charge on any atom is -0.0269 e. The number of hydrogen-bond acceptors (Lipinski definition) is 0. The Morgan fingerprint density at radius 3 is 2.30 bits per heavy atom. The summed E-state index contributed by atoms with van der Waals surface area (Å²) in [5, 5.41) is 0. The van der Waals surface area contributed by atoms with Gasteiger partial charge in [-0.3, -0.25) is 0 Å². The Bertz CT molecular complexity index is 133. The molecule has 0 heterocycles. The molecule has 2 aliphatic rings. The van der Waals surface area contributed by atoms with Crippen LogP contribution in [0.5, 0.6) is 0 Å². The lowest BCUT2D eigenvalue weighted by molar-refractivity contribution is 0.182. The van der Waals surface area contributed by atoms with Crippen LogP contribution in [0.15, 0.2) is 0 Å². The van der Waals surface area contributed by atoms with Crippen molar-refractivity contribution in [3.8, 4) is 0 Å². The molecule has 2 saturated carbocycles. The van der Waals surface area contributed by atoms with Crippen LogP contribution in [-0.4, -0.2) is 0 Å². The molecule has 0 aromatic heterocycles. The van der Waals surface area contributed by atoms with Gasteiger partial charge in [-0.05, 0) is 42.9 Å². The molecule has 0 radical (unpaired) electrons. The van der Waals surface area contributed by atoms with Gasteiger partial charge in [0, 0.05) is 0 Å². The van der Waals surface area contributed by atoms with Crippen LogP contribution in [0.3, 0.4) is 0 Å². The lowest BCUT2D eigenvalue weighted by atomic mass is 9.73. The lowest BCUT2D eigenvalue weighted by Crippen LogP contribution is -2.22. The van der Waals surface area contributed by atoms with E-state index in [0.29, 0.717) is 0 Å². The van der Waals surface area contributed by atoms with E-state index in [4.69, 9.17) is 0 Å². The minimum absolute atomic E-state index is 0.859. The second kappa shape index (κ2) is 1.99. The Morgan fingerprint density at radius 1 is 1.10 bits per heavy atom. The maximum absolute atomic E-state index is 2.46. The molecule has 0 N–H and O–H groups in total. The predicted octanol–water partition coefficient (Wildman–Crippen LogP) is 3.22. The van der Waals surface area contributed by atoms with Gasteiger partial charge in [0.2, 0.25) is 0 Å². The van der Waals surface area contributed by atoms with E-state index in [9.17, 15) is 0 Å². The third-order valence-corrected chi connectivity index (χ3v) is 3.79. The van der Waals surface area contributed by atoms with Gasteiger partial charge in [-0.2, -0.15) is 0 Å². The first kappa shape index (κ1) is 6.69. The van der Waals surface area contributed by atoms with Crippen molar-refractivity contribution in [3.63, 3.8) is 0 Å². The van der Waals surface area contributed by atoms with Crippen molar-refractivity contribution in [1.29, 1.82) is 0 Å². The summed E-state index contributed by atoms with van der Waals surface area (Å²) in [6.07, 6.45) is 7.61. The van der Waals surface area contributed by atoms with Crippen LogP contribution in [0, 0.1) is 17.3 Å². The third kappa shape index (κ3) is 0.889. The van der Waals surface area contributed by atoms with E-state index in [1.54, 1.807) is 12.8 Å². The molecule has 0 unspecified atom stereocenters. The fourth-order valence-electron chi connectivity index (χ4n) is 2.70. The first-order chi connectivity index (χ1) is 4.73. The largest absolute Gasteiger partial charge is 0.0625 e. The van der Waals surface area contributed by atoms with Gasteiger partial charge in [-0.15, -0.1) is 0 Å². The van der Waals surface area contributed by atoms with E-state index in [-0.39, 0.29) is 0 Å². The van der Waals surface area contributed by atoms with Crippen LogP contribution in [-0.2, 0) is 0 Å². The van der Waals surface area contributed by atoms with Crippen LogP contribution in [0.25, 0.3) is 0 Å². The molecule has 2 fully saturated rings. The molecule has 0 heteroatoms. The fraction of sp³-hybridized carbons (Fsp3) is 1.00. The van der Waals surface area contributed by atoms with Gasteiger partial charge in [-0.25, -0.2) is 0 Å². The highest BCUT2D eigenvalue weighted by molar-refractivity contribution is 5.00. The van der Waals surface area contributed by atoms with Gasteiger partial charge < -0.3 is 0 Å². The Hall–Kier alpha value is 0. The Labute approximate surface area is 64.0 Å². The fourth-order valence-corrected chi connectivity index (χ4v) is 2.70. The average Bonchev–Trinajstić information content (AvgIpc) is 2.62. The van der Waals surface area contributed by atoms with Gasteiger partial charge in [0.05, 0.1) is 0 Å². The Kier molecular flexibility index (Phi) is 1.33. The smallest absolute Gasteiger partial charge is 0.0269 e. The van der Waals surface area contributed by atoms with Crippen molar-refractivity contribution in [2.24, 2.45) is 17.3 Å². The van der Waals surface area contributed by atoms with Gasteiger partial charge in [-0.1, -0.05) is 20.3 Å². The van der Waals surface area contributed by atoms with E-state index >= 15 is 0 Å². The number of hydrogen-bond donors (Lipinski definition) is 0. The highest BCUT2D eigenvalue weighted by atomic mass is 14.5. The van der Waals surface area contributed by atoms with E-state index in [2.05, 4.69) is 13.8 Å². The first-order valence-electron chi connectivity index (χ1n) is 4.73. The summed E-state index contributed by atoms with van der Waals surface area (Å²) < 4.78 is 0. The van der Waals surface area contributed by atoms with Gasteiger partial charge in [0.15, 0.2) is 0 Å². The van der Waals surface area contributed by atoms with Crippen LogP contribution < -0.4 is 0 Å². The molecule has 0 amide bonds. The topological polar surface area (TPSA) is 0 Å². The standard InChI is InChI=1S/C10H18/c1-8-3-4-9(2)10(7-8)5-6-10/h8-9H,3-7H2,1-2H3/t8-,9-/m0/s1. The average molecular weight is 138 g/mol. The second-order valence-electron chi connectivity index (χ2n) is 4.65. The molecule has 0 aliphatic heterocycles. The summed E-state index contributed by atoms with van der Waals surface area (Å²) in [6.45, 7) is 4.88. The molecule has 0 aromatic carbocycles. The molecule has 1 spiro atoms. The normalized spacial score (nSPS) is 43.8. The van der Waals surface area contributed by atoms with Crippen LogP contribution in [0.2, 0.25) is 0 Å². The number of rotatable bonds is 0. The van der Waals surface area contributed by atoms with Crippen molar-refractivity contribution >= 4 is 0 Å². The molecule has 2 atom stereocenters. The zero-order valence-electron chi connectivity index (χ0n) is 7.19. The van der Waals surface area contributed by atoms with Crippen LogP contribution >= 0.6 is 0 Å². The molecule has 0 bridgehead atoms. The summed E-state index contributed by atoms with van der Waals surface area (Å²) in [5.41, 5.74) is 0.859. The third-order valence-electron chi connectivity index (χ3n) is 3.79. The monoisotopic (exact) mass is 138 g/mol. The molecule has 0 nitrogen and oxygen atoms in total. The molecule has 58 valence electrons. The molecular formula is C10H18. The lowest BCUT2D eigenvalue weighted by Gasteiger charge is -2.32. The van der Waals surface area contributed by atoms with E-state index in [1.807, 2.05) is 0 Å². The van der Waals surface area contributed by atoms with Crippen molar-refractivity contribution in [1.82, 2.24) is 0 Å². The van der Waals surface area contributed by atoms with E-state index in [1.165, 1.54) is 19.3 Å². The van der Waals surface area contributed by atoms with Crippen molar-refractivity contribution in [3.05, 3.63) is 0 Å². The summed E-state index contributed by atoms with van der Waals surface area (Å²) in [6, 6.07) is 0. The Balaban J connectivity index is 2.03. The maximum atomic E-state index is 2.46. The van der Waals surface area contributed by atoms with Crippen molar-refractivity contribution in [2.75, 3.05) is 0 Å². The highest BCUT2D eigenvalue weighted by Crippen LogP contribution is 2.60. The first-order valence-corrected chi connectivity index (χ1v) is 4.73. The molecule has 10 heavy (non-hydrogen) atoms. The highest BCUT2D eigenvalue weighted by Gasteiger charge is 2.49. The van der Waals surface area contributed by atoms with Crippen molar-refractivity contribution in [2.45, 2.75) is 46.0 Å². The SMILES string of the molecule is C[C@H]1CC[C@H](C)C2(CC2)C1. The summed E-state index contributed by atoms with van der Waals surface area (Å²) in [5.74, 6) is 2.07. The predicted molar refractivity (Wildman–Crippen MR) is 43.8 cm³/mol. The molecule has 0 saturated heterocycles. The van der Waals surface area contributed by atoms with E-state index < -0.39 is 0 Å². The van der Waals surface area contributed by atoms with Crippen LogP contribution in [0.1, 0.15) is 46.0 Å². The minimum atomic E-state index is 0.859.